The smallest absolute Gasteiger partial charge is 0.239 e. The number of thioether (sulfide) groups is 1. The highest BCUT2D eigenvalue weighted by molar-refractivity contribution is 7.99. The zero-order valence-electron chi connectivity index (χ0n) is 15.3. The molecule has 0 N–H and O–H groups in total. The number of nitrogens with zero attached hydrogens (tertiary/aromatic N) is 6. The highest BCUT2D eigenvalue weighted by Crippen LogP contribution is 2.33. The van der Waals surface area contributed by atoms with E-state index >= 15 is 0 Å². The van der Waals surface area contributed by atoms with Gasteiger partial charge in [0.1, 0.15) is 0 Å². The van der Waals surface area contributed by atoms with Crippen molar-refractivity contribution in [3.8, 4) is 0 Å². The van der Waals surface area contributed by atoms with Gasteiger partial charge in [-0.3, -0.25) is 9.69 Å². The highest BCUT2D eigenvalue weighted by Gasteiger charge is 2.25. The molecule has 7 nitrogen and oxygen atoms in total. The number of anilines is 1. The Morgan fingerprint density at radius 2 is 2.11 bits per heavy atom. The summed E-state index contributed by atoms with van der Waals surface area (Å²) in [5.74, 6) is 0.317. The molecule has 2 aromatic heterocycles. The van der Waals surface area contributed by atoms with E-state index < -0.39 is 0 Å². The standard InChI is InChI=1S/C18H24N6OS2/c1-2-11-23(17-19-14-9-5-6-10-15(14)27-17)16(25)12-26-18-20-21-22-24(18)13-7-3-4-8-13/h2,13H,1,3-12H2. The van der Waals surface area contributed by atoms with Gasteiger partial charge in [-0.1, -0.05) is 30.7 Å². The van der Waals surface area contributed by atoms with Crippen molar-refractivity contribution < 1.29 is 4.79 Å². The molecule has 0 saturated heterocycles. The van der Waals surface area contributed by atoms with Crippen LogP contribution in [0.1, 0.15) is 55.1 Å². The molecule has 0 atom stereocenters. The van der Waals surface area contributed by atoms with Gasteiger partial charge in [0.25, 0.3) is 0 Å². The Labute approximate surface area is 167 Å². The Bertz CT molecular complexity index is 787. The fraction of sp³-hybridized carbons (Fsp3) is 0.611. The summed E-state index contributed by atoms with van der Waals surface area (Å²) >= 11 is 3.06. The molecule has 1 fully saturated rings. The zero-order valence-corrected chi connectivity index (χ0v) is 17.0. The van der Waals surface area contributed by atoms with Gasteiger partial charge in [-0.05, 0) is 49.0 Å². The number of thiazole rings is 1. The number of hydrogen-bond acceptors (Lipinski definition) is 7. The number of rotatable bonds is 7. The highest BCUT2D eigenvalue weighted by atomic mass is 32.2. The Balaban J connectivity index is 1.44. The van der Waals surface area contributed by atoms with Gasteiger partial charge in [0.15, 0.2) is 5.13 Å². The third-order valence-corrected chi connectivity index (χ3v) is 7.23. The maximum Gasteiger partial charge on any atom is 0.239 e. The summed E-state index contributed by atoms with van der Waals surface area (Å²) in [4.78, 5) is 20.7. The Kier molecular flexibility index (Phi) is 5.87. The van der Waals surface area contributed by atoms with Crippen molar-refractivity contribution in [2.75, 3.05) is 17.2 Å². The minimum atomic E-state index is 0.0203. The number of aromatic nitrogens is 5. The first-order valence-electron chi connectivity index (χ1n) is 9.56. The van der Waals surface area contributed by atoms with Crippen LogP contribution in [0.3, 0.4) is 0 Å². The molecular weight excluding hydrogens is 380 g/mol. The van der Waals surface area contributed by atoms with Gasteiger partial charge >= 0.3 is 0 Å². The van der Waals surface area contributed by atoms with E-state index in [2.05, 4.69) is 22.1 Å². The maximum atomic E-state index is 12.9. The second-order valence-electron chi connectivity index (χ2n) is 7.00. The Hall–Kier alpha value is -1.74. The Morgan fingerprint density at radius 1 is 1.30 bits per heavy atom. The van der Waals surface area contributed by atoms with E-state index in [1.165, 1.54) is 48.0 Å². The van der Waals surface area contributed by atoms with Gasteiger partial charge in [0, 0.05) is 11.4 Å². The van der Waals surface area contributed by atoms with Crippen LogP contribution in [-0.2, 0) is 17.6 Å². The van der Waals surface area contributed by atoms with Crippen LogP contribution in [0, 0.1) is 0 Å². The van der Waals surface area contributed by atoms with E-state index in [4.69, 9.17) is 4.98 Å². The number of tetrazole rings is 1. The second kappa shape index (κ2) is 8.52. The van der Waals surface area contributed by atoms with Crippen LogP contribution >= 0.6 is 23.1 Å². The summed E-state index contributed by atoms with van der Waals surface area (Å²) in [5, 5.41) is 13.6. The van der Waals surface area contributed by atoms with Gasteiger partial charge < -0.3 is 0 Å². The molecule has 9 heteroatoms. The van der Waals surface area contributed by atoms with Gasteiger partial charge in [-0.2, -0.15) is 0 Å². The van der Waals surface area contributed by atoms with Gasteiger partial charge in [0.2, 0.25) is 11.1 Å². The first kappa shape index (κ1) is 18.6. The molecule has 0 radical (unpaired) electrons. The SMILES string of the molecule is C=CCN(C(=O)CSc1nnnn1C1CCCC1)c1nc2c(s1)CCCC2. The van der Waals surface area contributed by atoms with Crippen LogP contribution < -0.4 is 4.90 Å². The summed E-state index contributed by atoms with van der Waals surface area (Å²) in [6.07, 6.45) is 10.9. The largest absolute Gasteiger partial charge is 0.284 e. The minimum Gasteiger partial charge on any atom is -0.284 e. The molecule has 27 heavy (non-hydrogen) atoms. The van der Waals surface area contributed by atoms with E-state index in [0.29, 0.717) is 18.3 Å². The third kappa shape index (κ3) is 4.08. The van der Waals surface area contributed by atoms with E-state index in [1.807, 2.05) is 4.68 Å². The second-order valence-corrected chi connectivity index (χ2v) is 9.00. The molecule has 2 aliphatic rings. The van der Waals surface area contributed by atoms with Gasteiger partial charge in [-0.25, -0.2) is 9.67 Å². The first-order valence-corrected chi connectivity index (χ1v) is 11.4. The van der Waals surface area contributed by atoms with Crippen molar-refractivity contribution in [1.29, 1.82) is 0 Å². The molecule has 2 aliphatic carbocycles. The fourth-order valence-electron chi connectivity index (χ4n) is 3.73. The molecule has 4 rings (SSSR count). The summed E-state index contributed by atoms with van der Waals surface area (Å²) < 4.78 is 1.89. The zero-order chi connectivity index (χ0) is 18.6. The topological polar surface area (TPSA) is 76.8 Å². The Morgan fingerprint density at radius 3 is 2.89 bits per heavy atom. The van der Waals surface area contributed by atoms with Gasteiger partial charge in [0.05, 0.1) is 17.5 Å². The normalized spacial score (nSPS) is 17.0. The van der Waals surface area contributed by atoms with Crippen molar-refractivity contribution >= 4 is 34.1 Å². The number of carbonyl (C=O) groups excluding carboxylic acids is 1. The molecule has 144 valence electrons. The van der Waals surface area contributed by atoms with E-state index in [0.717, 1.165) is 36.0 Å². The lowest BCUT2D eigenvalue weighted by Crippen LogP contribution is -2.32. The number of fused-ring (bicyclic) bond motifs is 1. The number of aryl methyl sites for hydroxylation is 2. The van der Waals surface area contributed by atoms with Crippen LogP contribution in [0.15, 0.2) is 17.8 Å². The average Bonchev–Trinajstić information content (AvgIpc) is 3.43. The van der Waals surface area contributed by atoms with E-state index in [1.54, 1.807) is 22.3 Å². The van der Waals surface area contributed by atoms with Crippen LogP contribution in [0.2, 0.25) is 0 Å². The fourth-order valence-corrected chi connectivity index (χ4v) is 5.73. The minimum absolute atomic E-state index is 0.0203. The van der Waals surface area contributed by atoms with Gasteiger partial charge in [-0.15, -0.1) is 23.0 Å². The molecule has 0 aliphatic heterocycles. The monoisotopic (exact) mass is 404 g/mol. The van der Waals surface area contributed by atoms with Crippen LogP contribution in [0.4, 0.5) is 5.13 Å². The summed E-state index contributed by atoms with van der Waals surface area (Å²) in [7, 11) is 0. The third-order valence-electron chi connectivity index (χ3n) is 5.14. The molecule has 2 heterocycles. The number of amides is 1. The molecule has 2 aromatic rings. The predicted molar refractivity (Wildman–Crippen MR) is 107 cm³/mol. The first-order chi connectivity index (χ1) is 13.3. The van der Waals surface area contributed by atoms with Crippen LogP contribution in [-0.4, -0.2) is 43.4 Å². The van der Waals surface area contributed by atoms with E-state index in [-0.39, 0.29) is 5.91 Å². The quantitative estimate of drug-likeness (QED) is 0.520. The molecule has 0 aromatic carbocycles. The molecule has 1 amide bonds. The van der Waals surface area contributed by atoms with Crippen molar-refractivity contribution in [2.24, 2.45) is 0 Å². The van der Waals surface area contributed by atoms with Crippen molar-refractivity contribution in [1.82, 2.24) is 25.2 Å². The number of hydrogen-bond donors (Lipinski definition) is 0. The van der Waals surface area contributed by atoms with Crippen molar-refractivity contribution in [2.45, 2.75) is 62.6 Å². The average molecular weight is 405 g/mol. The lowest BCUT2D eigenvalue weighted by atomic mass is 10.0. The number of carbonyl (C=O) groups is 1. The maximum absolute atomic E-state index is 12.9. The summed E-state index contributed by atoms with van der Waals surface area (Å²) in [6.45, 7) is 4.28. The van der Waals surface area contributed by atoms with Crippen LogP contribution in [0.25, 0.3) is 0 Å². The lowest BCUT2D eigenvalue weighted by molar-refractivity contribution is -0.116. The molecular formula is C18H24N6OS2. The molecule has 0 spiro atoms. The van der Waals surface area contributed by atoms with Crippen molar-refractivity contribution in [3.05, 3.63) is 23.2 Å². The van der Waals surface area contributed by atoms with E-state index in [9.17, 15) is 4.79 Å². The lowest BCUT2D eigenvalue weighted by Gasteiger charge is -2.18. The predicted octanol–water partition coefficient (Wildman–Crippen LogP) is 3.43. The summed E-state index contributed by atoms with van der Waals surface area (Å²) in [5.41, 5.74) is 1.17. The van der Waals surface area contributed by atoms with Crippen molar-refractivity contribution in [3.63, 3.8) is 0 Å². The molecule has 0 unspecified atom stereocenters. The molecule has 1 saturated carbocycles. The summed E-state index contributed by atoms with van der Waals surface area (Å²) in [6, 6.07) is 0.368. The van der Waals surface area contributed by atoms with Crippen LogP contribution in [0.5, 0.6) is 0 Å². The molecule has 0 bridgehead atoms.